The fourth-order valence-corrected chi connectivity index (χ4v) is 2.22. The summed E-state index contributed by atoms with van der Waals surface area (Å²) in [5.41, 5.74) is 16.5. The largest absolute Gasteiger partial charge is 0.399 e. The monoisotopic (exact) mass is 249 g/mol. The van der Waals surface area contributed by atoms with E-state index in [0.29, 0.717) is 0 Å². The second-order valence-electron chi connectivity index (χ2n) is 4.52. The standard InChI is InChI=1S/C16H15N3/c17-12-5-3-4-11(8-12)9-15(18)14-10-19-16-7-2-1-6-13(14)16/h1-10,19H,17-18H2/b15-9-. The second-order valence-corrected chi connectivity index (χ2v) is 4.52. The summed E-state index contributed by atoms with van der Waals surface area (Å²) in [4.78, 5) is 3.22. The molecule has 1 heterocycles. The van der Waals surface area contributed by atoms with Gasteiger partial charge in [-0.2, -0.15) is 0 Å². The number of hydrogen-bond donors (Lipinski definition) is 3. The van der Waals surface area contributed by atoms with E-state index in [2.05, 4.69) is 11.1 Å². The van der Waals surface area contributed by atoms with Crippen molar-refractivity contribution in [2.45, 2.75) is 0 Å². The lowest BCUT2D eigenvalue weighted by Crippen LogP contribution is -1.95. The molecule has 3 rings (SSSR count). The van der Waals surface area contributed by atoms with Crippen molar-refractivity contribution in [1.29, 1.82) is 0 Å². The SMILES string of the molecule is N/C(=C\c1cccc(N)c1)c1c[nH]c2ccccc12. The number of aromatic nitrogens is 1. The molecule has 3 aromatic rings. The first kappa shape index (κ1) is 11.4. The Morgan fingerprint density at radius 2 is 1.89 bits per heavy atom. The maximum absolute atomic E-state index is 6.19. The molecule has 0 atom stereocenters. The summed E-state index contributed by atoms with van der Waals surface area (Å²) in [6.07, 6.45) is 3.87. The van der Waals surface area contributed by atoms with Crippen LogP contribution < -0.4 is 11.5 Å². The van der Waals surface area contributed by atoms with Crippen LogP contribution >= 0.6 is 0 Å². The van der Waals surface area contributed by atoms with Gasteiger partial charge in [-0.05, 0) is 29.8 Å². The fourth-order valence-electron chi connectivity index (χ4n) is 2.22. The average molecular weight is 249 g/mol. The van der Waals surface area contributed by atoms with Crippen LogP contribution in [0, 0.1) is 0 Å². The molecule has 3 nitrogen and oxygen atoms in total. The summed E-state index contributed by atoms with van der Waals surface area (Å²) in [5, 5.41) is 1.13. The molecular weight excluding hydrogens is 234 g/mol. The minimum atomic E-state index is 0.725. The molecule has 3 heteroatoms. The van der Waals surface area contributed by atoms with Crippen LogP contribution in [0.3, 0.4) is 0 Å². The van der Waals surface area contributed by atoms with Crippen LogP contribution in [0.1, 0.15) is 11.1 Å². The second kappa shape index (κ2) is 4.53. The number of para-hydroxylation sites is 1. The lowest BCUT2D eigenvalue weighted by atomic mass is 10.1. The van der Waals surface area contributed by atoms with E-state index < -0.39 is 0 Å². The highest BCUT2D eigenvalue weighted by molar-refractivity contribution is 5.95. The Balaban J connectivity index is 2.06. The van der Waals surface area contributed by atoms with E-state index in [1.54, 1.807) is 0 Å². The first-order valence-electron chi connectivity index (χ1n) is 6.13. The van der Waals surface area contributed by atoms with Gasteiger partial charge < -0.3 is 16.5 Å². The molecule has 0 bridgehead atoms. The predicted octanol–water partition coefficient (Wildman–Crippen LogP) is 3.21. The zero-order valence-electron chi connectivity index (χ0n) is 10.4. The van der Waals surface area contributed by atoms with E-state index in [1.807, 2.05) is 54.7 Å². The molecule has 2 aromatic carbocycles. The van der Waals surface area contributed by atoms with E-state index >= 15 is 0 Å². The summed E-state index contributed by atoms with van der Waals surface area (Å²) >= 11 is 0. The highest BCUT2D eigenvalue weighted by Crippen LogP contribution is 2.23. The van der Waals surface area contributed by atoms with Gasteiger partial charge in [0.15, 0.2) is 0 Å². The van der Waals surface area contributed by atoms with Gasteiger partial charge in [0.05, 0.1) is 0 Å². The van der Waals surface area contributed by atoms with Crippen molar-refractivity contribution in [3.63, 3.8) is 0 Å². The van der Waals surface area contributed by atoms with Gasteiger partial charge in [0.2, 0.25) is 0 Å². The van der Waals surface area contributed by atoms with Crippen molar-refractivity contribution < 1.29 is 0 Å². The third-order valence-corrected chi connectivity index (χ3v) is 3.13. The number of nitrogens with one attached hydrogen (secondary N) is 1. The van der Waals surface area contributed by atoms with E-state index in [4.69, 9.17) is 11.5 Å². The number of nitrogens with two attached hydrogens (primary N) is 2. The Labute approximate surface area is 111 Å². The maximum Gasteiger partial charge on any atom is 0.0460 e. The number of anilines is 1. The van der Waals surface area contributed by atoms with E-state index in [9.17, 15) is 0 Å². The van der Waals surface area contributed by atoms with Crippen LogP contribution in [0.15, 0.2) is 54.7 Å². The predicted molar refractivity (Wildman–Crippen MR) is 81.2 cm³/mol. The molecule has 0 saturated heterocycles. The van der Waals surface area contributed by atoms with E-state index in [-0.39, 0.29) is 0 Å². The van der Waals surface area contributed by atoms with Gasteiger partial charge in [0.1, 0.15) is 0 Å². The van der Waals surface area contributed by atoms with Gasteiger partial charge in [0.25, 0.3) is 0 Å². The van der Waals surface area contributed by atoms with Gasteiger partial charge in [0, 0.05) is 34.0 Å². The summed E-state index contributed by atoms with van der Waals surface area (Å²) < 4.78 is 0. The molecule has 0 aliphatic heterocycles. The Morgan fingerprint density at radius 1 is 1.05 bits per heavy atom. The summed E-state index contributed by atoms with van der Waals surface area (Å²) in [6.45, 7) is 0. The molecule has 0 amide bonds. The Morgan fingerprint density at radius 3 is 2.74 bits per heavy atom. The molecule has 0 fully saturated rings. The molecule has 0 aliphatic rings. The molecular formula is C16H15N3. The molecule has 0 radical (unpaired) electrons. The number of hydrogen-bond acceptors (Lipinski definition) is 2. The minimum absolute atomic E-state index is 0.725. The first-order valence-corrected chi connectivity index (χ1v) is 6.13. The molecule has 0 saturated carbocycles. The molecule has 5 N–H and O–H groups in total. The number of nitrogen functional groups attached to an aromatic ring is 1. The third-order valence-electron chi connectivity index (χ3n) is 3.13. The number of aromatic amines is 1. The lowest BCUT2D eigenvalue weighted by Gasteiger charge is -2.01. The number of rotatable bonds is 2. The average Bonchev–Trinajstić information content (AvgIpc) is 2.82. The Hall–Kier alpha value is -2.68. The zero-order chi connectivity index (χ0) is 13.2. The third kappa shape index (κ3) is 2.18. The van der Waals surface area contributed by atoms with Gasteiger partial charge in [-0.15, -0.1) is 0 Å². The van der Waals surface area contributed by atoms with Crippen molar-refractivity contribution in [3.8, 4) is 0 Å². The summed E-state index contributed by atoms with van der Waals surface area (Å²) in [6, 6.07) is 15.8. The molecule has 0 spiro atoms. The maximum atomic E-state index is 6.19. The zero-order valence-corrected chi connectivity index (χ0v) is 10.4. The van der Waals surface area contributed by atoms with Crippen molar-refractivity contribution in [3.05, 3.63) is 65.9 Å². The quantitative estimate of drug-likeness (QED) is 0.610. The Kier molecular flexibility index (Phi) is 2.72. The van der Waals surface area contributed by atoms with E-state index in [1.165, 1.54) is 0 Å². The Bertz CT molecular complexity index is 753. The lowest BCUT2D eigenvalue weighted by molar-refractivity contribution is 1.45. The van der Waals surface area contributed by atoms with Crippen molar-refractivity contribution in [1.82, 2.24) is 4.98 Å². The number of benzene rings is 2. The highest BCUT2D eigenvalue weighted by atomic mass is 14.7. The van der Waals surface area contributed by atoms with Crippen LogP contribution in [0.25, 0.3) is 22.7 Å². The summed E-state index contributed by atoms with van der Waals surface area (Å²) in [5.74, 6) is 0. The molecule has 0 unspecified atom stereocenters. The van der Waals surface area contributed by atoms with Crippen LogP contribution in [-0.4, -0.2) is 4.98 Å². The van der Waals surface area contributed by atoms with Gasteiger partial charge in [-0.1, -0.05) is 30.3 Å². The van der Waals surface area contributed by atoms with Gasteiger partial charge in [-0.25, -0.2) is 0 Å². The molecule has 0 aliphatic carbocycles. The highest BCUT2D eigenvalue weighted by Gasteiger charge is 2.05. The van der Waals surface area contributed by atoms with Gasteiger partial charge >= 0.3 is 0 Å². The molecule has 19 heavy (non-hydrogen) atoms. The number of H-pyrrole nitrogens is 1. The fraction of sp³-hybridized carbons (Fsp3) is 0. The first-order chi connectivity index (χ1) is 9.24. The number of fused-ring (bicyclic) bond motifs is 1. The van der Waals surface area contributed by atoms with E-state index in [0.717, 1.165) is 33.4 Å². The molecule has 94 valence electrons. The minimum Gasteiger partial charge on any atom is -0.399 e. The topological polar surface area (TPSA) is 67.8 Å². The van der Waals surface area contributed by atoms with Crippen LogP contribution in [0.4, 0.5) is 5.69 Å². The van der Waals surface area contributed by atoms with Crippen LogP contribution in [-0.2, 0) is 0 Å². The van der Waals surface area contributed by atoms with Crippen molar-refractivity contribution in [2.75, 3.05) is 5.73 Å². The summed E-state index contributed by atoms with van der Waals surface area (Å²) in [7, 11) is 0. The smallest absolute Gasteiger partial charge is 0.0460 e. The molecule has 1 aromatic heterocycles. The normalized spacial score (nSPS) is 11.9. The van der Waals surface area contributed by atoms with Gasteiger partial charge in [-0.3, -0.25) is 0 Å². The van der Waals surface area contributed by atoms with Crippen LogP contribution in [0.5, 0.6) is 0 Å². The van der Waals surface area contributed by atoms with Crippen molar-refractivity contribution >= 4 is 28.4 Å². The van der Waals surface area contributed by atoms with Crippen molar-refractivity contribution in [2.24, 2.45) is 5.73 Å². The van der Waals surface area contributed by atoms with Crippen LogP contribution in [0.2, 0.25) is 0 Å².